The van der Waals surface area contributed by atoms with Gasteiger partial charge in [-0.2, -0.15) is 5.10 Å². The van der Waals surface area contributed by atoms with Crippen LogP contribution in [0.5, 0.6) is 0 Å². The molecule has 9 nitrogen and oxygen atoms in total. The second-order valence-electron chi connectivity index (χ2n) is 5.13. The summed E-state index contributed by atoms with van der Waals surface area (Å²) < 4.78 is 1.40. The van der Waals surface area contributed by atoms with Crippen LogP contribution >= 0.6 is 0 Å². The highest BCUT2D eigenvalue weighted by atomic mass is 16.6. The summed E-state index contributed by atoms with van der Waals surface area (Å²) in [7, 11) is 5.15. The molecule has 1 rings (SSSR count). The van der Waals surface area contributed by atoms with Crippen LogP contribution in [0.25, 0.3) is 0 Å². The summed E-state index contributed by atoms with van der Waals surface area (Å²) in [6.45, 7) is 4.69. The molecule has 0 saturated heterocycles. The van der Waals surface area contributed by atoms with E-state index in [2.05, 4.69) is 15.7 Å². The first-order valence-corrected chi connectivity index (χ1v) is 7.17. The highest BCUT2D eigenvalue weighted by Gasteiger charge is 2.28. The van der Waals surface area contributed by atoms with E-state index in [-0.39, 0.29) is 17.4 Å². The molecule has 0 aliphatic rings. The topological polar surface area (TPSA) is 105 Å². The minimum absolute atomic E-state index is 0.0911. The quantitative estimate of drug-likeness (QED) is 0.535. The van der Waals surface area contributed by atoms with Crippen molar-refractivity contribution < 1.29 is 9.72 Å². The third kappa shape index (κ3) is 3.94. The highest BCUT2D eigenvalue weighted by Crippen LogP contribution is 2.28. The number of nitro groups is 1. The van der Waals surface area contributed by atoms with Gasteiger partial charge in [0, 0.05) is 27.2 Å². The maximum absolute atomic E-state index is 12.4. The zero-order chi connectivity index (χ0) is 16.9. The molecule has 1 atom stereocenters. The SMILES string of the molecule is CCC(Nc1c([N+](=O)[O-])c(C)nn1C)C(=O)N(C)CCNC. The van der Waals surface area contributed by atoms with Gasteiger partial charge in [-0.25, -0.2) is 4.68 Å². The van der Waals surface area contributed by atoms with E-state index in [0.29, 0.717) is 25.2 Å². The Morgan fingerprint density at radius 1 is 1.55 bits per heavy atom. The summed E-state index contributed by atoms with van der Waals surface area (Å²) in [6.07, 6.45) is 0.518. The first-order chi connectivity index (χ1) is 10.3. The Kier molecular flexibility index (Phi) is 6.29. The number of nitrogens with one attached hydrogen (secondary N) is 2. The average molecular weight is 312 g/mol. The fourth-order valence-corrected chi connectivity index (χ4v) is 2.19. The number of aryl methyl sites for hydroxylation is 2. The van der Waals surface area contributed by atoms with E-state index in [1.165, 1.54) is 4.68 Å². The van der Waals surface area contributed by atoms with E-state index < -0.39 is 11.0 Å². The predicted octanol–water partition coefficient (Wildman–Crippen LogP) is 0.505. The Bertz CT molecular complexity index is 542. The van der Waals surface area contributed by atoms with Gasteiger partial charge in [-0.15, -0.1) is 0 Å². The smallest absolute Gasteiger partial charge is 0.333 e. The number of hydrogen-bond acceptors (Lipinski definition) is 6. The van der Waals surface area contributed by atoms with Crippen molar-refractivity contribution in [2.24, 2.45) is 7.05 Å². The minimum Gasteiger partial charge on any atom is -0.353 e. The van der Waals surface area contributed by atoms with Crippen LogP contribution in [0, 0.1) is 17.0 Å². The van der Waals surface area contributed by atoms with Crippen molar-refractivity contribution in [3.8, 4) is 0 Å². The lowest BCUT2D eigenvalue weighted by Crippen LogP contribution is -2.43. The molecule has 0 aromatic carbocycles. The number of nitrogens with zero attached hydrogens (tertiary/aromatic N) is 4. The summed E-state index contributed by atoms with van der Waals surface area (Å²) in [4.78, 5) is 24.7. The summed E-state index contributed by atoms with van der Waals surface area (Å²) in [5, 5.41) is 21.2. The van der Waals surface area contributed by atoms with Crippen LogP contribution in [0.4, 0.5) is 11.5 Å². The van der Waals surface area contributed by atoms with E-state index in [1.54, 1.807) is 25.9 Å². The number of carbonyl (C=O) groups is 1. The number of anilines is 1. The Morgan fingerprint density at radius 2 is 2.18 bits per heavy atom. The molecule has 2 N–H and O–H groups in total. The monoisotopic (exact) mass is 312 g/mol. The van der Waals surface area contributed by atoms with Crippen molar-refractivity contribution in [3.63, 3.8) is 0 Å². The lowest BCUT2D eigenvalue weighted by Gasteiger charge is -2.24. The molecule has 0 spiro atoms. The van der Waals surface area contributed by atoms with Gasteiger partial charge >= 0.3 is 5.69 Å². The fourth-order valence-electron chi connectivity index (χ4n) is 2.19. The fraction of sp³-hybridized carbons (Fsp3) is 0.692. The maximum Gasteiger partial charge on any atom is 0.333 e. The maximum atomic E-state index is 12.4. The van der Waals surface area contributed by atoms with Crippen LogP contribution in [0.3, 0.4) is 0 Å². The molecule has 1 aromatic heterocycles. The molecule has 1 amide bonds. The van der Waals surface area contributed by atoms with Gasteiger partial charge in [0.05, 0.1) is 4.92 Å². The molecular weight excluding hydrogens is 288 g/mol. The molecule has 0 saturated carbocycles. The van der Waals surface area contributed by atoms with Gasteiger partial charge in [-0.3, -0.25) is 14.9 Å². The highest BCUT2D eigenvalue weighted by molar-refractivity contribution is 5.85. The van der Waals surface area contributed by atoms with Crippen LogP contribution in [-0.4, -0.2) is 58.7 Å². The van der Waals surface area contributed by atoms with Crippen molar-refractivity contribution in [1.82, 2.24) is 20.0 Å². The van der Waals surface area contributed by atoms with Crippen molar-refractivity contribution in [2.45, 2.75) is 26.3 Å². The van der Waals surface area contributed by atoms with Crippen LogP contribution in [0.2, 0.25) is 0 Å². The molecule has 22 heavy (non-hydrogen) atoms. The van der Waals surface area contributed by atoms with Crippen molar-refractivity contribution in [2.75, 3.05) is 32.5 Å². The minimum atomic E-state index is -0.532. The van der Waals surface area contributed by atoms with E-state index in [9.17, 15) is 14.9 Å². The van der Waals surface area contributed by atoms with E-state index in [4.69, 9.17) is 0 Å². The summed E-state index contributed by atoms with van der Waals surface area (Å²) in [6, 6.07) is -0.532. The van der Waals surface area contributed by atoms with E-state index >= 15 is 0 Å². The molecule has 1 aromatic rings. The molecular formula is C13H24N6O3. The third-order valence-electron chi connectivity index (χ3n) is 3.46. The van der Waals surface area contributed by atoms with Crippen LogP contribution in [0.1, 0.15) is 19.0 Å². The molecule has 0 aliphatic carbocycles. The molecule has 0 radical (unpaired) electrons. The lowest BCUT2D eigenvalue weighted by molar-refractivity contribution is -0.384. The van der Waals surface area contributed by atoms with Crippen LogP contribution in [-0.2, 0) is 11.8 Å². The van der Waals surface area contributed by atoms with Crippen molar-refractivity contribution in [1.29, 1.82) is 0 Å². The standard InChI is InChI=1S/C13H24N6O3/c1-6-10(13(20)17(4)8-7-14-3)15-12-11(19(21)22)9(2)16-18(12)5/h10,14-15H,6-8H2,1-5H3. The predicted molar refractivity (Wildman–Crippen MR) is 83.9 cm³/mol. The van der Waals surface area contributed by atoms with Crippen molar-refractivity contribution >= 4 is 17.4 Å². The normalized spacial score (nSPS) is 12.0. The Morgan fingerprint density at radius 3 is 2.68 bits per heavy atom. The number of likely N-dealkylation sites (N-methyl/N-ethyl adjacent to an activating group) is 2. The van der Waals surface area contributed by atoms with Gasteiger partial charge in [0.15, 0.2) is 0 Å². The van der Waals surface area contributed by atoms with Crippen LogP contribution in [0.15, 0.2) is 0 Å². The van der Waals surface area contributed by atoms with Gasteiger partial charge in [0.25, 0.3) is 0 Å². The molecule has 0 aliphatic heterocycles. The molecule has 0 bridgehead atoms. The Labute approximate surface area is 129 Å². The Balaban J connectivity index is 2.95. The second-order valence-corrected chi connectivity index (χ2v) is 5.13. The van der Waals surface area contributed by atoms with Gasteiger partial charge < -0.3 is 15.5 Å². The molecule has 0 fully saturated rings. The van der Waals surface area contributed by atoms with Gasteiger partial charge in [0.2, 0.25) is 11.7 Å². The Hall–Kier alpha value is -2.16. The number of carbonyl (C=O) groups excluding carboxylic acids is 1. The lowest BCUT2D eigenvalue weighted by atomic mass is 10.2. The zero-order valence-corrected chi connectivity index (χ0v) is 13.7. The van der Waals surface area contributed by atoms with E-state index in [1.807, 2.05) is 14.0 Å². The number of hydrogen-bond donors (Lipinski definition) is 2. The summed E-state index contributed by atoms with van der Waals surface area (Å²) >= 11 is 0. The third-order valence-corrected chi connectivity index (χ3v) is 3.46. The summed E-state index contributed by atoms with van der Waals surface area (Å²) in [5.41, 5.74) is 0.229. The second kappa shape index (κ2) is 7.74. The average Bonchev–Trinajstić information content (AvgIpc) is 2.75. The first kappa shape index (κ1) is 17.9. The van der Waals surface area contributed by atoms with E-state index in [0.717, 1.165) is 0 Å². The zero-order valence-electron chi connectivity index (χ0n) is 13.7. The number of amides is 1. The molecule has 9 heteroatoms. The summed E-state index contributed by atoms with van der Waals surface area (Å²) in [5.74, 6) is 0.149. The van der Waals surface area contributed by atoms with Crippen molar-refractivity contribution in [3.05, 3.63) is 15.8 Å². The van der Waals surface area contributed by atoms with Gasteiger partial charge in [-0.05, 0) is 20.4 Å². The number of rotatable bonds is 8. The molecule has 124 valence electrons. The number of aromatic nitrogens is 2. The van der Waals surface area contributed by atoms with Gasteiger partial charge in [0.1, 0.15) is 11.7 Å². The first-order valence-electron chi connectivity index (χ1n) is 7.17. The van der Waals surface area contributed by atoms with Crippen LogP contribution < -0.4 is 10.6 Å². The van der Waals surface area contributed by atoms with Gasteiger partial charge in [-0.1, -0.05) is 6.92 Å². The molecule has 1 unspecified atom stereocenters. The largest absolute Gasteiger partial charge is 0.353 e. The molecule has 1 heterocycles.